The quantitative estimate of drug-likeness (QED) is 0.514. The van der Waals surface area contributed by atoms with Crippen molar-refractivity contribution in [2.24, 2.45) is 5.92 Å². The molecule has 1 aliphatic rings. The number of halogens is 3. The predicted octanol–water partition coefficient (Wildman–Crippen LogP) is 4.95. The van der Waals surface area contributed by atoms with E-state index in [1.165, 1.54) is 30.0 Å². The van der Waals surface area contributed by atoms with Gasteiger partial charge in [0.15, 0.2) is 0 Å². The molecule has 7 nitrogen and oxygen atoms in total. The molecule has 35 heavy (non-hydrogen) atoms. The third-order valence-corrected chi connectivity index (χ3v) is 6.97. The zero-order valence-electron chi connectivity index (χ0n) is 19.2. The summed E-state index contributed by atoms with van der Waals surface area (Å²) in [6.45, 7) is 3.04. The molecule has 3 rings (SSSR count). The number of amides is 2. The van der Waals surface area contributed by atoms with Crippen molar-refractivity contribution in [3.05, 3.63) is 71.3 Å². The molecule has 0 aliphatic carbocycles. The lowest BCUT2D eigenvalue weighted by molar-refractivity contribution is -0.130. The molecule has 0 aromatic heterocycles. The van der Waals surface area contributed by atoms with E-state index in [-0.39, 0.29) is 34.8 Å². The van der Waals surface area contributed by atoms with Crippen LogP contribution in [0.25, 0.3) is 6.08 Å². The molecule has 188 valence electrons. The first-order valence-corrected chi connectivity index (χ1v) is 12.3. The predicted molar refractivity (Wildman–Crippen MR) is 125 cm³/mol. The van der Waals surface area contributed by atoms with E-state index >= 15 is 0 Å². The number of piperidine rings is 1. The number of para-hydroxylation sites is 1. The summed E-state index contributed by atoms with van der Waals surface area (Å²) < 4.78 is 69.1. The number of likely N-dealkylation sites (tertiary alicyclic amines) is 1. The third kappa shape index (κ3) is 5.67. The van der Waals surface area contributed by atoms with Crippen LogP contribution >= 0.6 is 0 Å². The molecule has 0 N–H and O–H groups in total. The second-order valence-corrected chi connectivity index (χ2v) is 9.75. The fourth-order valence-corrected chi connectivity index (χ4v) is 4.64. The van der Waals surface area contributed by atoms with E-state index in [4.69, 9.17) is 0 Å². The summed E-state index contributed by atoms with van der Waals surface area (Å²) in [5.41, 5.74) is -4.85. The van der Waals surface area contributed by atoms with Gasteiger partial charge in [-0.05, 0) is 42.5 Å². The molecule has 1 atom stereocenters. The second-order valence-electron chi connectivity index (χ2n) is 7.97. The molecule has 1 heterocycles. The molecule has 0 radical (unpaired) electrons. The van der Waals surface area contributed by atoms with Crippen molar-refractivity contribution in [1.29, 1.82) is 0 Å². The number of carbonyl (C=O) groups is 2. The van der Waals surface area contributed by atoms with Crippen LogP contribution in [0.1, 0.15) is 31.4 Å². The average Bonchev–Trinajstić information content (AvgIpc) is 2.80. The third-order valence-electron chi connectivity index (χ3n) is 5.56. The zero-order valence-corrected chi connectivity index (χ0v) is 20.0. The van der Waals surface area contributed by atoms with E-state index in [9.17, 15) is 31.2 Å². The largest absolute Gasteiger partial charge is 0.517 e. The highest BCUT2D eigenvalue weighted by atomic mass is 32.2. The van der Waals surface area contributed by atoms with Crippen molar-refractivity contribution in [2.75, 3.05) is 17.5 Å². The Kier molecular flexibility index (Phi) is 7.89. The molecule has 2 amide bonds. The normalized spacial score (nSPS) is 18.0. The van der Waals surface area contributed by atoms with Gasteiger partial charge in [0.2, 0.25) is 5.91 Å². The lowest BCUT2D eigenvalue weighted by Gasteiger charge is -2.33. The van der Waals surface area contributed by atoms with Crippen LogP contribution in [-0.2, 0) is 26.1 Å². The molecular formula is C24H25F3N2O5S. The van der Waals surface area contributed by atoms with Gasteiger partial charge in [-0.25, -0.2) is 4.79 Å². The number of carbonyl (C=O) groups excluding carboxylic acids is 2. The lowest BCUT2D eigenvalue weighted by atomic mass is 9.90. The molecular weight excluding hydrogens is 485 g/mol. The first-order valence-electron chi connectivity index (χ1n) is 10.9. The van der Waals surface area contributed by atoms with Crippen molar-refractivity contribution in [3.63, 3.8) is 0 Å². The van der Waals surface area contributed by atoms with Crippen LogP contribution < -0.4 is 4.31 Å². The zero-order chi connectivity index (χ0) is 25.8. The number of ether oxygens (including phenoxy) is 1. The monoisotopic (exact) mass is 510 g/mol. The molecule has 2 aromatic carbocycles. The van der Waals surface area contributed by atoms with Gasteiger partial charge in [0.25, 0.3) is 0 Å². The highest BCUT2D eigenvalue weighted by Crippen LogP contribution is 2.35. The maximum atomic E-state index is 13.4. The van der Waals surface area contributed by atoms with Gasteiger partial charge in [0.1, 0.15) is 0 Å². The average molecular weight is 511 g/mol. The molecule has 0 spiro atoms. The summed E-state index contributed by atoms with van der Waals surface area (Å²) in [7, 11) is -6.11. The van der Waals surface area contributed by atoms with Gasteiger partial charge >= 0.3 is 21.6 Å². The van der Waals surface area contributed by atoms with Gasteiger partial charge in [-0.3, -0.25) is 4.79 Å². The standard InChI is InChI=1S/C24H25F3N2O5S/c1-3-34-23(31)29(35(32,33)24(25,26)27)21-12-8-7-11-19(21)16-28-14-13-17(2)20(22(28)30)15-18-9-5-4-6-10-18/h4-12,15,17H,3,13-14,16H2,1-2H3/b20-15+. The molecule has 1 aliphatic heterocycles. The first kappa shape index (κ1) is 26.3. The van der Waals surface area contributed by atoms with Gasteiger partial charge in [-0.2, -0.15) is 25.9 Å². The highest BCUT2D eigenvalue weighted by molar-refractivity contribution is 7.94. The summed E-state index contributed by atoms with van der Waals surface area (Å²) in [4.78, 5) is 27.1. The number of hydrogen-bond acceptors (Lipinski definition) is 5. The van der Waals surface area contributed by atoms with E-state index in [2.05, 4.69) is 4.74 Å². The van der Waals surface area contributed by atoms with Crippen molar-refractivity contribution in [3.8, 4) is 0 Å². The van der Waals surface area contributed by atoms with E-state index in [0.29, 0.717) is 18.5 Å². The SMILES string of the molecule is CCOC(=O)N(c1ccccc1CN1CCC(C)/C(=C\c2ccccc2)C1=O)S(=O)(=O)C(F)(F)F. The second kappa shape index (κ2) is 10.5. The molecule has 2 aromatic rings. The van der Waals surface area contributed by atoms with Crippen LogP contribution in [-0.4, -0.2) is 44.0 Å². The smallest absolute Gasteiger partial charge is 0.449 e. The van der Waals surface area contributed by atoms with Gasteiger partial charge < -0.3 is 9.64 Å². The minimum absolute atomic E-state index is 0.0455. The molecule has 1 fully saturated rings. The number of alkyl halides is 3. The fraction of sp³-hybridized carbons (Fsp3) is 0.333. The van der Waals surface area contributed by atoms with E-state index < -0.39 is 27.3 Å². The topological polar surface area (TPSA) is 84.0 Å². The lowest BCUT2D eigenvalue weighted by Crippen LogP contribution is -2.46. The van der Waals surface area contributed by atoms with Gasteiger partial charge in [-0.1, -0.05) is 55.5 Å². The number of rotatable bonds is 6. The molecule has 11 heteroatoms. The van der Waals surface area contributed by atoms with E-state index in [0.717, 1.165) is 11.6 Å². The maximum Gasteiger partial charge on any atom is 0.517 e. The highest BCUT2D eigenvalue weighted by Gasteiger charge is 2.53. The first-order chi connectivity index (χ1) is 16.5. The van der Waals surface area contributed by atoms with Gasteiger partial charge in [0, 0.05) is 18.7 Å². The Hall–Kier alpha value is -3.34. The Labute approximate surface area is 201 Å². The summed E-state index contributed by atoms with van der Waals surface area (Å²) >= 11 is 0. The summed E-state index contributed by atoms with van der Waals surface area (Å²) in [6.07, 6.45) is 0.694. The summed E-state index contributed by atoms with van der Waals surface area (Å²) in [5.74, 6) is -0.361. The summed E-state index contributed by atoms with van der Waals surface area (Å²) in [6, 6.07) is 14.5. The number of anilines is 1. The minimum Gasteiger partial charge on any atom is -0.449 e. The number of benzene rings is 2. The van der Waals surface area contributed by atoms with Crippen molar-refractivity contribution >= 4 is 33.8 Å². The van der Waals surface area contributed by atoms with E-state index in [1.54, 1.807) is 6.08 Å². The summed E-state index contributed by atoms with van der Waals surface area (Å²) in [5, 5.41) is 0. The van der Waals surface area contributed by atoms with Crippen molar-refractivity contribution in [1.82, 2.24) is 4.90 Å². The van der Waals surface area contributed by atoms with Crippen LogP contribution in [0.4, 0.5) is 23.7 Å². The Bertz CT molecular complexity index is 1210. The van der Waals surface area contributed by atoms with Gasteiger partial charge in [-0.15, -0.1) is 0 Å². The fourth-order valence-electron chi connectivity index (χ4n) is 3.74. The molecule has 0 saturated carbocycles. The van der Waals surface area contributed by atoms with Crippen LogP contribution in [0.15, 0.2) is 60.2 Å². The van der Waals surface area contributed by atoms with Crippen molar-refractivity contribution < 1.29 is 35.9 Å². The Balaban J connectivity index is 2.00. The van der Waals surface area contributed by atoms with Crippen molar-refractivity contribution in [2.45, 2.75) is 32.3 Å². The number of hydrogen-bond donors (Lipinski definition) is 0. The molecule has 1 saturated heterocycles. The number of nitrogens with zero attached hydrogens (tertiary/aromatic N) is 2. The molecule has 1 unspecified atom stereocenters. The Morgan fingerprint density at radius 1 is 1.14 bits per heavy atom. The Morgan fingerprint density at radius 2 is 1.77 bits per heavy atom. The van der Waals surface area contributed by atoms with Gasteiger partial charge in [0.05, 0.1) is 12.3 Å². The van der Waals surface area contributed by atoms with Crippen LogP contribution in [0, 0.1) is 5.92 Å². The van der Waals surface area contributed by atoms with Crippen LogP contribution in [0.2, 0.25) is 0 Å². The maximum absolute atomic E-state index is 13.4. The van der Waals surface area contributed by atoms with E-state index in [1.807, 2.05) is 37.3 Å². The van der Waals surface area contributed by atoms with Crippen LogP contribution in [0.3, 0.4) is 0 Å². The minimum atomic E-state index is -6.11. The Morgan fingerprint density at radius 3 is 2.40 bits per heavy atom. The molecule has 0 bridgehead atoms. The number of sulfonamides is 1. The van der Waals surface area contributed by atoms with Crippen LogP contribution in [0.5, 0.6) is 0 Å².